The number of benzene rings is 2. The standard InChI is InChI=1S/C20H20N4OS/c21-19-23-16-11-13(5-6-17(16)26-19)18(25)24-9-7-20(8-10-24)12-22-15-4-2-1-3-14(15)20/h1-6,11,22H,7-10,12H2,(H2,21,23). The highest BCUT2D eigenvalue weighted by Crippen LogP contribution is 2.44. The lowest BCUT2D eigenvalue weighted by atomic mass is 9.74. The zero-order valence-electron chi connectivity index (χ0n) is 14.4. The Morgan fingerprint density at radius 1 is 1.19 bits per heavy atom. The third-order valence-electron chi connectivity index (χ3n) is 5.77. The minimum Gasteiger partial charge on any atom is -0.384 e. The summed E-state index contributed by atoms with van der Waals surface area (Å²) in [5, 5.41) is 4.08. The van der Waals surface area contributed by atoms with Gasteiger partial charge in [-0.05, 0) is 42.7 Å². The van der Waals surface area contributed by atoms with Crippen LogP contribution in [0.4, 0.5) is 10.8 Å². The number of fused-ring (bicyclic) bond motifs is 3. The highest BCUT2D eigenvalue weighted by Gasteiger charge is 2.42. The SMILES string of the molecule is Nc1nc2cc(C(=O)N3CCC4(CC3)CNc3ccccc34)ccc2s1. The van der Waals surface area contributed by atoms with E-state index >= 15 is 0 Å². The zero-order valence-corrected chi connectivity index (χ0v) is 15.2. The van der Waals surface area contributed by atoms with Gasteiger partial charge >= 0.3 is 0 Å². The molecule has 26 heavy (non-hydrogen) atoms. The van der Waals surface area contributed by atoms with E-state index in [-0.39, 0.29) is 11.3 Å². The first-order valence-corrected chi connectivity index (χ1v) is 9.75. The number of amides is 1. The van der Waals surface area contributed by atoms with Crippen LogP contribution in [-0.4, -0.2) is 35.4 Å². The summed E-state index contributed by atoms with van der Waals surface area (Å²) in [7, 11) is 0. The molecule has 1 saturated heterocycles. The van der Waals surface area contributed by atoms with Crippen LogP contribution in [0.15, 0.2) is 42.5 Å². The number of thiazole rings is 1. The number of carbonyl (C=O) groups is 1. The van der Waals surface area contributed by atoms with Crippen LogP contribution in [0.5, 0.6) is 0 Å². The van der Waals surface area contributed by atoms with Gasteiger partial charge in [0.05, 0.1) is 10.2 Å². The summed E-state index contributed by atoms with van der Waals surface area (Å²) in [4.78, 5) is 19.2. The number of rotatable bonds is 1. The van der Waals surface area contributed by atoms with Crippen molar-refractivity contribution in [2.24, 2.45) is 0 Å². The second-order valence-corrected chi connectivity index (χ2v) is 8.27. The van der Waals surface area contributed by atoms with E-state index in [4.69, 9.17) is 5.73 Å². The second kappa shape index (κ2) is 5.71. The molecule has 2 aliphatic rings. The van der Waals surface area contributed by atoms with E-state index in [2.05, 4.69) is 34.6 Å². The highest BCUT2D eigenvalue weighted by molar-refractivity contribution is 7.22. The van der Waals surface area contributed by atoms with Crippen molar-refractivity contribution >= 4 is 38.3 Å². The third-order valence-corrected chi connectivity index (χ3v) is 6.64. The van der Waals surface area contributed by atoms with E-state index in [1.807, 2.05) is 23.1 Å². The van der Waals surface area contributed by atoms with Crippen molar-refractivity contribution in [1.82, 2.24) is 9.88 Å². The Morgan fingerprint density at radius 2 is 2.00 bits per heavy atom. The number of nitrogens with two attached hydrogens (primary N) is 1. The van der Waals surface area contributed by atoms with Crippen LogP contribution in [0, 0.1) is 0 Å². The first-order valence-electron chi connectivity index (χ1n) is 8.93. The van der Waals surface area contributed by atoms with Crippen LogP contribution >= 0.6 is 11.3 Å². The number of anilines is 2. The smallest absolute Gasteiger partial charge is 0.253 e. The van der Waals surface area contributed by atoms with E-state index in [9.17, 15) is 4.79 Å². The molecule has 3 N–H and O–H groups in total. The molecule has 5 rings (SSSR count). The lowest BCUT2D eigenvalue weighted by molar-refractivity contribution is 0.0676. The summed E-state index contributed by atoms with van der Waals surface area (Å²) in [5.41, 5.74) is 10.1. The van der Waals surface area contributed by atoms with Gasteiger partial charge in [-0.2, -0.15) is 0 Å². The predicted octanol–water partition coefficient (Wildman–Crippen LogP) is 3.48. The van der Waals surface area contributed by atoms with E-state index in [1.54, 1.807) is 0 Å². The summed E-state index contributed by atoms with van der Waals surface area (Å²) < 4.78 is 1.02. The molecular weight excluding hydrogens is 344 g/mol. The molecule has 0 bridgehead atoms. The molecule has 0 radical (unpaired) electrons. The Kier molecular flexibility index (Phi) is 3.43. The fraction of sp³-hybridized carbons (Fsp3) is 0.300. The highest BCUT2D eigenvalue weighted by atomic mass is 32.1. The molecule has 3 heterocycles. The fourth-order valence-electron chi connectivity index (χ4n) is 4.30. The summed E-state index contributed by atoms with van der Waals surface area (Å²) in [6.45, 7) is 2.54. The molecule has 5 nitrogen and oxygen atoms in total. The van der Waals surface area contributed by atoms with Gasteiger partial charge in [-0.3, -0.25) is 4.79 Å². The molecule has 0 unspecified atom stereocenters. The summed E-state index contributed by atoms with van der Waals surface area (Å²) in [6, 6.07) is 14.3. The minimum absolute atomic E-state index is 0.0903. The number of nitrogens with one attached hydrogen (secondary N) is 1. The third kappa shape index (κ3) is 2.36. The molecular formula is C20H20N4OS. The lowest BCUT2D eigenvalue weighted by Crippen LogP contribution is -2.46. The Bertz CT molecular complexity index is 1000. The van der Waals surface area contributed by atoms with Crippen molar-refractivity contribution in [3.05, 3.63) is 53.6 Å². The lowest BCUT2D eigenvalue weighted by Gasteiger charge is -2.39. The predicted molar refractivity (Wildman–Crippen MR) is 106 cm³/mol. The van der Waals surface area contributed by atoms with E-state index < -0.39 is 0 Å². The average Bonchev–Trinajstić information content (AvgIpc) is 3.22. The molecule has 2 aliphatic heterocycles. The molecule has 1 spiro atoms. The van der Waals surface area contributed by atoms with Crippen molar-refractivity contribution in [2.45, 2.75) is 18.3 Å². The van der Waals surface area contributed by atoms with Crippen molar-refractivity contribution in [2.75, 3.05) is 30.7 Å². The fourth-order valence-corrected chi connectivity index (χ4v) is 5.02. The second-order valence-electron chi connectivity index (χ2n) is 7.21. The van der Waals surface area contributed by atoms with Gasteiger partial charge in [0.25, 0.3) is 5.91 Å². The van der Waals surface area contributed by atoms with E-state index in [1.165, 1.54) is 22.6 Å². The Hall–Kier alpha value is -2.60. The van der Waals surface area contributed by atoms with E-state index in [0.29, 0.717) is 10.7 Å². The van der Waals surface area contributed by atoms with Gasteiger partial charge in [0.1, 0.15) is 0 Å². The largest absolute Gasteiger partial charge is 0.384 e. The molecule has 3 aromatic rings. The Morgan fingerprint density at radius 3 is 2.85 bits per heavy atom. The Labute approximate surface area is 155 Å². The topological polar surface area (TPSA) is 71.2 Å². The first kappa shape index (κ1) is 15.6. The first-order chi connectivity index (χ1) is 12.6. The number of para-hydroxylation sites is 1. The maximum Gasteiger partial charge on any atom is 0.253 e. The number of aromatic nitrogens is 1. The number of nitrogen functional groups attached to an aromatic ring is 1. The Balaban J connectivity index is 1.35. The number of piperidine rings is 1. The van der Waals surface area contributed by atoms with Gasteiger partial charge in [-0.1, -0.05) is 29.5 Å². The van der Waals surface area contributed by atoms with Gasteiger partial charge in [0.15, 0.2) is 5.13 Å². The maximum atomic E-state index is 13.0. The molecule has 1 fully saturated rings. The molecule has 6 heteroatoms. The number of nitrogens with zero attached hydrogens (tertiary/aromatic N) is 2. The van der Waals surface area contributed by atoms with Crippen molar-refractivity contribution in [3.63, 3.8) is 0 Å². The van der Waals surface area contributed by atoms with Crippen LogP contribution in [0.2, 0.25) is 0 Å². The normalized spacial score (nSPS) is 18.1. The monoisotopic (exact) mass is 364 g/mol. The van der Waals surface area contributed by atoms with Gasteiger partial charge in [0.2, 0.25) is 0 Å². The van der Waals surface area contributed by atoms with Crippen LogP contribution in [-0.2, 0) is 5.41 Å². The minimum atomic E-state index is 0.0903. The number of likely N-dealkylation sites (tertiary alicyclic amines) is 1. The molecule has 1 aromatic heterocycles. The van der Waals surface area contributed by atoms with Crippen LogP contribution in [0.3, 0.4) is 0 Å². The van der Waals surface area contributed by atoms with E-state index in [0.717, 1.165) is 42.7 Å². The van der Waals surface area contributed by atoms with Crippen molar-refractivity contribution in [3.8, 4) is 0 Å². The molecule has 0 saturated carbocycles. The molecule has 132 valence electrons. The summed E-state index contributed by atoms with van der Waals surface area (Å²) in [6.07, 6.45) is 1.99. The van der Waals surface area contributed by atoms with Crippen molar-refractivity contribution < 1.29 is 4.79 Å². The number of carbonyl (C=O) groups excluding carboxylic acids is 1. The summed E-state index contributed by atoms with van der Waals surface area (Å²) in [5.74, 6) is 0.0903. The summed E-state index contributed by atoms with van der Waals surface area (Å²) >= 11 is 1.45. The van der Waals surface area contributed by atoms with Gasteiger partial charge in [-0.15, -0.1) is 0 Å². The number of hydrogen-bond donors (Lipinski definition) is 2. The number of hydrogen-bond acceptors (Lipinski definition) is 5. The average molecular weight is 364 g/mol. The maximum absolute atomic E-state index is 13.0. The van der Waals surface area contributed by atoms with Gasteiger partial charge in [-0.25, -0.2) is 4.98 Å². The quantitative estimate of drug-likeness (QED) is 0.693. The van der Waals surface area contributed by atoms with Crippen LogP contribution in [0.25, 0.3) is 10.2 Å². The molecule has 0 atom stereocenters. The molecule has 0 aliphatic carbocycles. The van der Waals surface area contributed by atoms with Gasteiger partial charge < -0.3 is 16.0 Å². The van der Waals surface area contributed by atoms with Crippen LogP contribution < -0.4 is 11.1 Å². The van der Waals surface area contributed by atoms with Crippen molar-refractivity contribution in [1.29, 1.82) is 0 Å². The van der Waals surface area contributed by atoms with Crippen LogP contribution in [0.1, 0.15) is 28.8 Å². The molecule has 1 amide bonds. The zero-order chi connectivity index (χ0) is 17.7. The molecule has 2 aromatic carbocycles. The van der Waals surface area contributed by atoms with Gasteiger partial charge in [0, 0.05) is 36.3 Å².